The molecule has 0 atom stereocenters. The van der Waals surface area contributed by atoms with E-state index in [2.05, 4.69) is 16.0 Å². The lowest BCUT2D eigenvalue weighted by Gasteiger charge is -2.07. The van der Waals surface area contributed by atoms with Crippen LogP contribution in [-0.4, -0.2) is 9.97 Å². The van der Waals surface area contributed by atoms with Crippen molar-refractivity contribution in [1.82, 2.24) is 9.97 Å². The van der Waals surface area contributed by atoms with E-state index in [0.29, 0.717) is 11.6 Å². The molecule has 0 aliphatic carbocycles. The van der Waals surface area contributed by atoms with Crippen LogP contribution in [0.1, 0.15) is 11.4 Å². The highest BCUT2D eigenvalue weighted by molar-refractivity contribution is 7.98. The van der Waals surface area contributed by atoms with Crippen molar-refractivity contribution in [2.24, 2.45) is 0 Å². The number of nitrogens with zero attached hydrogens (tertiary/aromatic N) is 2. The number of hydrogen-bond donors (Lipinski definition) is 2. The number of para-hydroxylation sites is 1. The van der Waals surface area contributed by atoms with Gasteiger partial charge in [-0.2, -0.15) is 0 Å². The van der Waals surface area contributed by atoms with Crippen molar-refractivity contribution in [3.05, 3.63) is 53.9 Å². The van der Waals surface area contributed by atoms with Crippen LogP contribution >= 0.6 is 11.8 Å². The third-order valence-electron chi connectivity index (χ3n) is 3.20. The van der Waals surface area contributed by atoms with Crippen molar-refractivity contribution in [2.75, 3.05) is 11.5 Å². The van der Waals surface area contributed by atoms with E-state index in [0.717, 1.165) is 27.3 Å². The van der Waals surface area contributed by atoms with Gasteiger partial charge in [-0.15, -0.1) is 11.8 Å². The summed E-state index contributed by atoms with van der Waals surface area (Å²) in [7, 11) is 0. The van der Waals surface area contributed by atoms with Crippen LogP contribution in [0.2, 0.25) is 0 Å². The van der Waals surface area contributed by atoms with Crippen LogP contribution in [0.25, 0.3) is 10.9 Å². The summed E-state index contributed by atoms with van der Waals surface area (Å²) in [4.78, 5) is 9.97. The second-order valence-electron chi connectivity index (χ2n) is 4.87. The number of benzene rings is 2. The van der Waals surface area contributed by atoms with E-state index in [-0.39, 0.29) is 0 Å². The van der Waals surface area contributed by atoms with Gasteiger partial charge >= 0.3 is 0 Å². The van der Waals surface area contributed by atoms with E-state index < -0.39 is 0 Å². The number of anilines is 2. The van der Waals surface area contributed by atoms with Crippen LogP contribution in [0.3, 0.4) is 0 Å². The number of rotatable bonds is 3. The van der Waals surface area contributed by atoms with Crippen LogP contribution in [0.4, 0.5) is 11.5 Å². The summed E-state index contributed by atoms with van der Waals surface area (Å²) in [5.74, 6) is 1.88. The maximum atomic E-state index is 5.99. The van der Waals surface area contributed by atoms with E-state index in [4.69, 9.17) is 11.5 Å². The molecule has 4 N–H and O–H groups in total. The first-order chi connectivity index (χ1) is 10.1. The Bertz CT molecular complexity index is 801. The van der Waals surface area contributed by atoms with E-state index in [1.54, 1.807) is 11.8 Å². The summed E-state index contributed by atoms with van der Waals surface area (Å²) in [6.07, 6.45) is 0. The first-order valence-corrected chi connectivity index (χ1v) is 7.62. The highest BCUT2D eigenvalue weighted by atomic mass is 32.2. The predicted molar refractivity (Wildman–Crippen MR) is 89.1 cm³/mol. The lowest BCUT2D eigenvalue weighted by Crippen LogP contribution is -2.00. The predicted octanol–water partition coefficient (Wildman–Crippen LogP) is 3.39. The third-order valence-corrected chi connectivity index (χ3v) is 4.27. The normalized spacial score (nSPS) is 10.9. The molecular weight excluding hydrogens is 280 g/mol. The fourth-order valence-corrected chi connectivity index (χ4v) is 3.04. The first kappa shape index (κ1) is 13.7. The molecule has 2 aromatic carbocycles. The number of aryl methyl sites for hydroxylation is 1. The molecule has 0 fully saturated rings. The minimum Gasteiger partial charge on any atom is -0.398 e. The summed E-state index contributed by atoms with van der Waals surface area (Å²) in [6.45, 7) is 2.05. The van der Waals surface area contributed by atoms with Crippen LogP contribution in [0.15, 0.2) is 47.4 Å². The molecule has 106 valence electrons. The van der Waals surface area contributed by atoms with Gasteiger partial charge < -0.3 is 11.5 Å². The Morgan fingerprint density at radius 1 is 1.05 bits per heavy atom. The van der Waals surface area contributed by atoms with Crippen molar-refractivity contribution < 1.29 is 0 Å². The minimum atomic E-state index is 0.522. The molecular formula is C16H16N4S. The topological polar surface area (TPSA) is 77.8 Å². The van der Waals surface area contributed by atoms with Gasteiger partial charge in [0.2, 0.25) is 0 Å². The second kappa shape index (κ2) is 5.61. The van der Waals surface area contributed by atoms with Crippen LogP contribution < -0.4 is 11.5 Å². The van der Waals surface area contributed by atoms with Gasteiger partial charge in [-0.1, -0.05) is 18.2 Å². The standard InChI is InChI=1S/C16H16N4S/c1-10-6-7-12(17)14(8-10)21-9-15-19-13-5-3-2-4-11(13)16(18)20-15/h2-8H,9,17H2,1H3,(H2,18,19,20). The monoisotopic (exact) mass is 296 g/mol. The van der Waals surface area contributed by atoms with Crippen LogP contribution in [0.5, 0.6) is 0 Å². The molecule has 0 saturated heterocycles. The molecule has 21 heavy (non-hydrogen) atoms. The minimum absolute atomic E-state index is 0.522. The third kappa shape index (κ3) is 2.92. The molecule has 0 unspecified atom stereocenters. The zero-order chi connectivity index (χ0) is 14.8. The van der Waals surface area contributed by atoms with Crippen molar-refractivity contribution in [2.45, 2.75) is 17.6 Å². The summed E-state index contributed by atoms with van der Waals surface area (Å²) in [5.41, 5.74) is 14.8. The summed E-state index contributed by atoms with van der Waals surface area (Å²) in [6, 6.07) is 13.8. The van der Waals surface area contributed by atoms with Gasteiger partial charge in [0.05, 0.1) is 11.3 Å². The van der Waals surface area contributed by atoms with E-state index >= 15 is 0 Å². The lowest BCUT2D eigenvalue weighted by molar-refractivity contribution is 1.08. The summed E-state index contributed by atoms with van der Waals surface area (Å²) < 4.78 is 0. The van der Waals surface area contributed by atoms with Gasteiger partial charge in [-0.3, -0.25) is 0 Å². The molecule has 0 radical (unpaired) electrons. The zero-order valence-corrected chi connectivity index (χ0v) is 12.5. The maximum absolute atomic E-state index is 5.99. The summed E-state index contributed by atoms with van der Waals surface area (Å²) >= 11 is 1.63. The quantitative estimate of drug-likeness (QED) is 0.572. The van der Waals surface area contributed by atoms with E-state index in [1.165, 1.54) is 5.56 Å². The number of hydrogen-bond acceptors (Lipinski definition) is 5. The maximum Gasteiger partial charge on any atom is 0.141 e. The van der Waals surface area contributed by atoms with Crippen LogP contribution in [0, 0.1) is 6.92 Å². The van der Waals surface area contributed by atoms with Gasteiger partial charge in [-0.05, 0) is 36.8 Å². The van der Waals surface area contributed by atoms with Gasteiger partial charge in [0.25, 0.3) is 0 Å². The number of thioether (sulfide) groups is 1. The fourth-order valence-electron chi connectivity index (χ4n) is 2.12. The molecule has 5 heteroatoms. The van der Waals surface area contributed by atoms with Crippen molar-refractivity contribution in [1.29, 1.82) is 0 Å². The lowest BCUT2D eigenvalue weighted by atomic mass is 10.2. The van der Waals surface area contributed by atoms with Gasteiger partial charge in [0.1, 0.15) is 11.6 Å². The molecule has 0 aliphatic rings. The van der Waals surface area contributed by atoms with Crippen molar-refractivity contribution >= 4 is 34.2 Å². The first-order valence-electron chi connectivity index (χ1n) is 6.63. The largest absolute Gasteiger partial charge is 0.398 e. The van der Waals surface area contributed by atoms with Crippen LogP contribution in [-0.2, 0) is 5.75 Å². The van der Waals surface area contributed by atoms with E-state index in [9.17, 15) is 0 Å². The smallest absolute Gasteiger partial charge is 0.141 e. The molecule has 4 nitrogen and oxygen atoms in total. The molecule has 0 bridgehead atoms. The van der Waals surface area contributed by atoms with Crippen molar-refractivity contribution in [3.63, 3.8) is 0 Å². The zero-order valence-electron chi connectivity index (χ0n) is 11.7. The van der Waals surface area contributed by atoms with Gasteiger partial charge in [0, 0.05) is 16.0 Å². The Balaban J connectivity index is 1.87. The van der Waals surface area contributed by atoms with Gasteiger partial charge in [0.15, 0.2) is 0 Å². The Kier molecular flexibility index (Phi) is 3.66. The summed E-state index contributed by atoms with van der Waals surface area (Å²) in [5, 5.41) is 0.890. The SMILES string of the molecule is Cc1ccc(N)c(SCc2nc(N)c3ccccc3n2)c1. The Morgan fingerprint density at radius 3 is 2.71 bits per heavy atom. The molecule has 0 spiro atoms. The highest BCUT2D eigenvalue weighted by Gasteiger charge is 2.07. The fraction of sp³-hybridized carbons (Fsp3) is 0.125. The molecule has 3 aromatic rings. The molecule has 3 rings (SSSR count). The molecule has 1 aromatic heterocycles. The number of fused-ring (bicyclic) bond motifs is 1. The molecule has 0 amide bonds. The Labute approximate surface area is 127 Å². The van der Waals surface area contributed by atoms with E-state index in [1.807, 2.05) is 43.3 Å². The molecule has 0 saturated carbocycles. The Morgan fingerprint density at radius 2 is 1.86 bits per heavy atom. The van der Waals surface area contributed by atoms with Crippen molar-refractivity contribution in [3.8, 4) is 0 Å². The van der Waals surface area contributed by atoms with Gasteiger partial charge in [-0.25, -0.2) is 9.97 Å². The molecule has 1 heterocycles. The Hall–Kier alpha value is -2.27. The highest BCUT2D eigenvalue weighted by Crippen LogP contribution is 2.29. The number of nitrogens with two attached hydrogens (primary N) is 2. The average molecular weight is 296 g/mol. The second-order valence-corrected chi connectivity index (χ2v) is 5.89. The number of aromatic nitrogens is 2. The average Bonchev–Trinajstić information content (AvgIpc) is 2.48. The number of nitrogen functional groups attached to an aromatic ring is 2. The molecule has 0 aliphatic heterocycles.